The minimum absolute atomic E-state index is 0.00139. The minimum Gasteiger partial charge on any atom is -0.374 e. The molecule has 0 atom stereocenters. The molecule has 1 fully saturated rings. The number of amides is 1. The molecule has 2 aromatic rings. The van der Waals surface area contributed by atoms with Crippen molar-refractivity contribution in [2.75, 3.05) is 5.32 Å². The normalized spacial score (nSPS) is 15.2. The van der Waals surface area contributed by atoms with E-state index in [-0.39, 0.29) is 5.91 Å². The molecule has 5 nitrogen and oxygen atoms in total. The van der Waals surface area contributed by atoms with Crippen molar-refractivity contribution >= 4 is 11.6 Å². The maximum Gasteiger partial charge on any atom is 0.226 e. The summed E-state index contributed by atoms with van der Waals surface area (Å²) in [7, 11) is 0. The second kappa shape index (κ2) is 8.81. The topological polar surface area (TPSA) is 56.2 Å². The van der Waals surface area contributed by atoms with Gasteiger partial charge < -0.3 is 10.1 Å². The van der Waals surface area contributed by atoms with E-state index in [1.54, 1.807) is 10.9 Å². The van der Waals surface area contributed by atoms with Gasteiger partial charge in [0.2, 0.25) is 5.91 Å². The number of hydrogen-bond acceptors (Lipinski definition) is 3. The minimum atomic E-state index is -0.00139. The fraction of sp³-hybridized carbons (Fsp3) is 0.500. The van der Waals surface area contributed by atoms with Crippen molar-refractivity contribution in [3.8, 4) is 0 Å². The summed E-state index contributed by atoms with van der Waals surface area (Å²) in [6, 6.07) is 7.93. The van der Waals surface area contributed by atoms with Crippen LogP contribution in [0.4, 0.5) is 5.69 Å². The number of rotatable bonds is 7. The van der Waals surface area contributed by atoms with Gasteiger partial charge in [0, 0.05) is 24.8 Å². The Balaban J connectivity index is 1.46. The van der Waals surface area contributed by atoms with Crippen LogP contribution in [0.5, 0.6) is 0 Å². The number of aromatic nitrogens is 2. The molecule has 1 saturated carbocycles. The third-order valence-electron chi connectivity index (χ3n) is 4.58. The average molecular weight is 341 g/mol. The van der Waals surface area contributed by atoms with Crippen LogP contribution in [-0.2, 0) is 22.7 Å². The number of nitrogens with one attached hydrogen (secondary N) is 1. The molecule has 1 aromatic heterocycles. The highest BCUT2D eigenvalue weighted by molar-refractivity contribution is 5.90. The quantitative estimate of drug-likeness (QED) is 0.826. The van der Waals surface area contributed by atoms with Gasteiger partial charge in [-0.1, -0.05) is 31.4 Å². The molecule has 0 spiro atoms. The van der Waals surface area contributed by atoms with E-state index in [1.165, 1.54) is 32.1 Å². The van der Waals surface area contributed by atoms with Gasteiger partial charge in [-0.2, -0.15) is 5.10 Å². The van der Waals surface area contributed by atoms with E-state index >= 15 is 0 Å². The maximum atomic E-state index is 12.1. The summed E-state index contributed by atoms with van der Waals surface area (Å²) in [5, 5.41) is 7.16. The first-order chi connectivity index (χ1) is 12.2. The van der Waals surface area contributed by atoms with E-state index < -0.39 is 0 Å². The molecule has 1 heterocycles. The van der Waals surface area contributed by atoms with Crippen LogP contribution in [0, 0.1) is 6.92 Å². The zero-order chi connectivity index (χ0) is 17.5. The SMILES string of the molecule is Cc1cnn(CCC(=O)Nc2cccc(COC3CCCCC3)c2)c1. The van der Waals surface area contributed by atoms with Gasteiger partial charge in [-0.15, -0.1) is 0 Å². The van der Waals surface area contributed by atoms with E-state index in [0.29, 0.717) is 25.7 Å². The zero-order valence-corrected chi connectivity index (χ0v) is 14.9. The molecular formula is C20H27N3O2. The maximum absolute atomic E-state index is 12.1. The molecule has 25 heavy (non-hydrogen) atoms. The standard InChI is InChI=1S/C20H27N3O2/c1-16-13-21-23(14-16)11-10-20(24)22-18-7-5-6-17(12-18)15-25-19-8-3-2-4-9-19/h5-7,12-14,19H,2-4,8-11,15H2,1H3,(H,22,24). The molecule has 0 saturated heterocycles. The van der Waals surface area contributed by atoms with Gasteiger partial charge in [-0.3, -0.25) is 9.48 Å². The molecule has 1 N–H and O–H groups in total. The summed E-state index contributed by atoms with van der Waals surface area (Å²) in [5.74, 6) is -0.00139. The van der Waals surface area contributed by atoms with E-state index in [2.05, 4.69) is 10.4 Å². The first-order valence-corrected chi connectivity index (χ1v) is 9.18. The van der Waals surface area contributed by atoms with Crippen molar-refractivity contribution in [3.63, 3.8) is 0 Å². The highest BCUT2D eigenvalue weighted by atomic mass is 16.5. The van der Waals surface area contributed by atoms with E-state index in [0.717, 1.165) is 16.8 Å². The average Bonchev–Trinajstić information content (AvgIpc) is 3.05. The Morgan fingerprint density at radius 3 is 2.92 bits per heavy atom. The number of carbonyl (C=O) groups excluding carboxylic acids is 1. The van der Waals surface area contributed by atoms with Crippen molar-refractivity contribution in [2.45, 2.75) is 64.7 Å². The molecule has 0 unspecified atom stereocenters. The summed E-state index contributed by atoms with van der Waals surface area (Å²) in [5.41, 5.74) is 3.03. The lowest BCUT2D eigenvalue weighted by atomic mass is 9.98. The summed E-state index contributed by atoms with van der Waals surface area (Å²) in [6.07, 6.45) is 10.8. The van der Waals surface area contributed by atoms with Crippen LogP contribution in [0.1, 0.15) is 49.7 Å². The van der Waals surface area contributed by atoms with Crippen molar-refractivity contribution in [1.82, 2.24) is 9.78 Å². The van der Waals surface area contributed by atoms with Crippen LogP contribution in [0.15, 0.2) is 36.7 Å². The van der Waals surface area contributed by atoms with Crippen LogP contribution in [0.2, 0.25) is 0 Å². The van der Waals surface area contributed by atoms with E-state index in [9.17, 15) is 4.79 Å². The van der Waals surface area contributed by atoms with Crippen molar-refractivity contribution in [3.05, 3.63) is 47.8 Å². The second-order valence-electron chi connectivity index (χ2n) is 6.85. The van der Waals surface area contributed by atoms with E-state index in [4.69, 9.17) is 4.74 Å². The molecule has 0 radical (unpaired) electrons. The lowest BCUT2D eigenvalue weighted by Crippen LogP contribution is -2.16. The first kappa shape index (κ1) is 17.7. The van der Waals surface area contributed by atoms with Gasteiger partial charge in [0.15, 0.2) is 0 Å². The van der Waals surface area contributed by atoms with Gasteiger partial charge in [-0.05, 0) is 43.0 Å². The van der Waals surface area contributed by atoms with Crippen LogP contribution >= 0.6 is 0 Å². The molecule has 134 valence electrons. The summed E-state index contributed by atoms with van der Waals surface area (Å²) < 4.78 is 7.81. The fourth-order valence-corrected chi connectivity index (χ4v) is 3.21. The van der Waals surface area contributed by atoms with Crippen LogP contribution in [-0.4, -0.2) is 21.8 Å². The Morgan fingerprint density at radius 2 is 2.16 bits per heavy atom. The zero-order valence-electron chi connectivity index (χ0n) is 14.9. The van der Waals surface area contributed by atoms with Crippen molar-refractivity contribution < 1.29 is 9.53 Å². The molecular weight excluding hydrogens is 314 g/mol. The lowest BCUT2D eigenvalue weighted by molar-refractivity contribution is -0.116. The molecule has 1 amide bonds. The van der Waals surface area contributed by atoms with Crippen molar-refractivity contribution in [2.24, 2.45) is 0 Å². The number of aryl methyl sites for hydroxylation is 2. The lowest BCUT2D eigenvalue weighted by Gasteiger charge is -2.22. The van der Waals surface area contributed by atoms with Gasteiger partial charge in [0.05, 0.1) is 18.9 Å². The number of ether oxygens (including phenoxy) is 1. The molecule has 5 heteroatoms. The second-order valence-corrected chi connectivity index (χ2v) is 6.85. The number of hydrogen-bond donors (Lipinski definition) is 1. The smallest absolute Gasteiger partial charge is 0.226 e. The molecule has 1 aliphatic rings. The monoisotopic (exact) mass is 341 g/mol. The molecule has 1 aromatic carbocycles. The van der Waals surface area contributed by atoms with Crippen LogP contribution < -0.4 is 5.32 Å². The number of nitrogens with zero attached hydrogens (tertiary/aromatic N) is 2. The predicted octanol–water partition coefficient (Wildman–Crippen LogP) is 4.07. The molecule has 0 bridgehead atoms. The Labute approximate surface area is 149 Å². The van der Waals surface area contributed by atoms with Crippen LogP contribution in [0.25, 0.3) is 0 Å². The Hall–Kier alpha value is -2.14. The van der Waals surface area contributed by atoms with E-state index in [1.807, 2.05) is 37.4 Å². The highest BCUT2D eigenvalue weighted by Crippen LogP contribution is 2.22. The molecule has 0 aliphatic heterocycles. The fourth-order valence-electron chi connectivity index (χ4n) is 3.21. The summed E-state index contributed by atoms with van der Waals surface area (Å²) in [6.45, 7) is 3.19. The highest BCUT2D eigenvalue weighted by Gasteiger charge is 2.13. The number of anilines is 1. The Kier molecular flexibility index (Phi) is 6.23. The summed E-state index contributed by atoms with van der Waals surface area (Å²) in [4.78, 5) is 12.1. The number of benzene rings is 1. The predicted molar refractivity (Wildman–Crippen MR) is 98.3 cm³/mol. The van der Waals surface area contributed by atoms with Crippen molar-refractivity contribution in [1.29, 1.82) is 0 Å². The molecule has 1 aliphatic carbocycles. The third kappa shape index (κ3) is 5.71. The Bertz CT molecular complexity index is 690. The van der Waals surface area contributed by atoms with Crippen LogP contribution in [0.3, 0.4) is 0 Å². The van der Waals surface area contributed by atoms with Gasteiger partial charge in [0.25, 0.3) is 0 Å². The Morgan fingerprint density at radius 1 is 1.32 bits per heavy atom. The van der Waals surface area contributed by atoms with Gasteiger partial charge in [-0.25, -0.2) is 0 Å². The summed E-state index contributed by atoms with van der Waals surface area (Å²) >= 11 is 0. The first-order valence-electron chi connectivity index (χ1n) is 9.18. The van der Waals surface area contributed by atoms with Gasteiger partial charge >= 0.3 is 0 Å². The van der Waals surface area contributed by atoms with Gasteiger partial charge in [0.1, 0.15) is 0 Å². The third-order valence-corrected chi connectivity index (χ3v) is 4.58. The largest absolute Gasteiger partial charge is 0.374 e. The molecule has 3 rings (SSSR count). The number of carbonyl (C=O) groups is 1.